The van der Waals surface area contributed by atoms with Crippen LogP contribution in [0.1, 0.15) is 43.9 Å². The maximum atomic E-state index is 15.6. The van der Waals surface area contributed by atoms with Gasteiger partial charge in [-0.25, -0.2) is 14.0 Å². The van der Waals surface area contributed by atoms with Crippen molar-refractivity contribution in [1.29, 1.82) is 0 Å². The Balaban J connectivity index is 1.79. The predicted molar refractivity (Wildman–Crippen MR) is 163 cm³/mol. The Kier molecular flexibility index (Phi) is 12.1. The number of nitrogens with one attached hydrogen (secondary N) is 1. The number of amides is 2. The molecule has 0 spiro atoms. The van der Waals surface area contributed by atoms with E-state index in [0.29, 0.717) is 5.75 Å². The van der Waals surface area contributed by atoms with Crippen molar-refractivity contribution in [3.8, 4) is 17.2 Å². The first-order valence-corrected chi connectivity index (χ1v) is 14.5. The van der Waals surface area contributed by atoms with Crippen LogP contribution >= 0.6 is 0 Å². The molecule has 3 unspecified atom stereocenters. The zero-order valence-electron chi connectivity index (χ0n) is 26.0. The number of carbonyl (C=O) groups is 4. The molecule has 0 aromatic heterocycles. The first-order chi connectivity index (χ1) is 22.7. The Hall–Kier alpha value is -5.21. The minimum absolute atomic E-state index is 0.00801. The van der Waals surface area contributed by atoms with E-state index in [2.05, 4.69) is 5.32 Å². The van der Waals surface area contributed by atoms with Crippen LogP contribution in [0.25, 0.3) is 0 Å². The molecule has 3 atom stereocenters. The highest BCUT2D eigenvalue weighted by atomic mass is 19.1. The highest BCUT2D eigenvalue weighted by molar-refractivity contribution is 6.02. The summed E-state index contributed by atoms with van der Waals surface area (Å²) in [6.45, 7) is -0.497. The van der Waals surface area contributed by atoms with Gasteiger partial charge in [-0.15, -0.1) is 0 Å². The van der Waals surface area contributed by atoms with Gasteiger partial charge in [-0.2, -0.15) is 0 Å². The lowest BCUT2D eigenvalue weighted by atomic mass is 9.86. The molecule has 13 nitrogen and oxygen atoms in total. The van der Waals surface area contributed by atoms with Gasteiger partial charge in [0.15, 0.2) is 19.4 Å². The zero-order chi connectivity index (χ0) is 33.9. The van der Waals surface area contributed by atoms with Crippen molar-refractivity contribution in [3.05, 3.63) is 89.2 Å². The van der Waals surface area contributed by atoms with E-state index in [4.69, 9.17) is 28.4 Å². The van der Waals surface area contributed by atoms with Crippen molar-refractivity contribution in [1.82, 2.24) is 10.2 Å². The van der Waals surface area contributed by atoms with Gasteiger partial charge in [0.25, 0.3) is 5.91 Å². The third-order valence-electron chi connectivity index (χ3n) is 7.38. The van der Waals surface area contributed by atoms with Crippen molar-refractivity contribution < 1.29 is 57.1 Å². The van der Waals surface area contributed by atoms with Crippen LogP contribution in [-0.4, -0.2) is 87.5 Å². The topological polar surface area (TPSA) is 159 Å². The fraction of sp³-hybridized carbons (Fsp3) is 0.333. The number of methoxy groups -OCH3 is 3. The van der Waals surface area contributed by atoms with Gasteiger partial charge in [0.05, 0.1) is 24.3 Å². The standard InChI is InChI=1S/C33H35FN2O11/c1-42-18-45-22-13-11-20(12-14-22)30(38)35-28-24(29(37)27-25(34)16-23(44-3)17-26(27)46-19-43-2)10-7-15-36(33(40)41)31(28)47-32(39)21-8-5-4-6-9-21/h4-6,8-9,11-14,16-17,24,28,31H,7,10,15,18-19H2,1-3H3,(H,35,38)(H,40,41). The van der Waals surface area contributed by atoms with E-state index in [1.165, 1.54) is 63.8 Å². The van der Waals surface area contributed by atoms with E-state index in [0.717, 1.165) is 11.0 Å². The minimum atomic E-state index is -1.69. The van der Waals surface area contributed by atoms with Gasteiger partial charge in [0, 0.05) is 44.4 Å². The minimum Gasteiger partial charge on any atom is -0.497 e. The molecule has 3 aromatic carbocycles. The third-order valence-corrected chi connectivity index (χ3v) is 7.38. The van der Waals surface area contributed by atoms with Gasteiger partial charge in [0.2, 0.25) is 6.23 Å². The number of likely N-dealkylation sites (tertiary alicyclic amines) is 1. The van der Waals surface area contributed by atoms with Gasteiger partial charge < -0.3 is 38.8 Å². The van der Waals surface area contributed by atoms with Crippen LogP contribution in [0.3, 0.4) is 0 Å². The average molecular weight is 655 g/mol. The Morgan fingerprint density at radius 3 is 2.21 bits per heavy atom. The molecule has 14 heteroatoms. The predicted octanol–water partition coefficient (Wildman–Crippen LogP) is 4.35. The van der Waals surface area contributed by atoms with Crippen molar-refractivity contribution in [2.45, 2.75) is 25.1 Å². The molecule has 3 aromatic rings. The van der Waals surface area contributed by atoms with E-state index in [9.17, 15) is 24.3 Å². The van der Waals surface area contributed by atoms with Gasteiger partial charge in [-0.1, -0.05) is 18.2 Å². The molecule has 4 rings (SSSR count). The number of ketones is 1. The lowest BCUT2D eigenvalue weighted by molar-refractivity contribution is -0.0416. The number of hydrogen-bond acceptors (Lipinski definition) is 10. The molecule has 250 valence electrons. The summed E-state index contributed by atoms with van der Waals surface area (Å²) in [5.74, 6) is -4.40. The van der Waals surface area contributed by atoms with Crippen LogP contribution in [0.5, 0.6) is 17.2 Å². The van der Waals surface area contributed by atoms with Gasteiger partial charge >= 0.3 is 12.1 Å². The van der Waals surface area contributed by atoms with Crippen molar-refractivity contribution in [2.24, 2.45) is 5.92 Å². The molecular weight excluding hydrogens is 619 g/mol. The summed E-state index contributed by atoms with van der Waals surface area (Å²) in [6.07, 6.45) is -3.03. The molecule has 1 saturated heterocycles. The quantitative estimate of drug-likeness (QED) is 0.153. The molecule has 47 heavy (non-hydrogen) atoms. The van der Waals surface area contributed by atoms with Crippen LogP contribution in [-0.2, 0) is 14.2 Å². The second kappa shape index (κ2) is 16.4. The maximum Gasteiger partial charge on any atom is 0.410 e. The summed E-state index contributed by atoms with van der Waals surface area (Å²) in [7, 11) is 4.12. The van der Waals surface area contributed by atoms with Gasteiger partial charge in [0.1, 0.15) is 23.1 Å². The Morgan fingerprint density at radius 1 is 0.894 bits per heavy atom. The van der Waals surface area contributed by atoms with Crippen LogP contribution in [0.2, 0.25) is 0 Å². The molecule has 1 aliphatic heterocycles. The fourth-order valence-electron chi connectivity index (χ4n) is 5.14. The average Bonchev–Trinajstić information content (AvgIpc) is 3.25. The summed E-state index contributed by atoms with van der Waals surface area (Å²) in [6, 6.07) is 14.6. The van der Waals surface area contributed by atoms with E-state index in [-0.39, 0.29) is 55.6 Å². The highest BCUT2D eigenvalue weighted by Gasteiger charge is 2.46. The Morgan fingerprint density at radius 2 is 1.57 bits per heavy atom. The van der Waals surface area contributed by atoms with Crippen LogP contribution < -0.4 is 19.5 Å². The number of esters is 1. The molecule has 0 saturated carbocycles. The first kappa shape index (κ1) is 34.7. The SMILES string of the molecule is COCOc1ccc(C(=O)NC2C(C(=O)c3c(F)cc(OC)cc3OCOC)CCCN(C(=O)O)C2OC(=O)c2ccccc2)cc1. The number of rotatable bonds is 13. The number of hydrogen-bond donors (Lipinski definition) is 2. The largest absolute Gasteiger partial charge is 0.497 e. The van der Waals surface area contributed by atoms with Crippen LogP contribution in [0.4, 0.5) is 9.18 Å². The number of Topliss-reactive ketones (excluding diaryl/α,β-unsaturated/α-hetero) is 1. The van der Waals surface area contributed by atoms with Gasteiger partial charge in [-0.3, -0.25) is 14.5 Å². The normalized spacial score (nSPS) is 17.6. The molecule has 0 aliphatic carbocycles. The first-order valence-electron chi connectivity index (χ1n) is 14.5. The zero-order valence-corrected chi connectivity index (χ0v) is 26.0. The molecule has 2 N–H and O–H groups in total. The van der Waals surface area contributed by atoms with Crippen molar-refractivity contribution in [2.75, 3.05) is 41.5 Å². The van der Waals surface area contributed by atoms with Crippen molar-refractivity contribution >= 4 is 23.8 Å². The number of ether oxygens (including phenoxy) is 6. The molecule has 0 radical (unpaired) electrons. The van der Waals surface area contributed by atoms with Crippen LogP contribution in [0.15, 0.2) is 66.7 Å². The second-order valence-corrected chi connectivity index (χ2v) is 10.4. The second-order valence-electron chi connectivity index (χ2n) is 10.4. The number of carboxylic acid groups (broad SMARTS) is 1. The molecule has 1 fully saturated rings. The summed E-state index contributed by atoms with van der Waals surface area (Å²) in [5.41, 5.74) is -0.234. The lowest BCUT2D eigenvalue weighted by Gasteiger charge is -2.35. The molecule has 1 aliphatic rings. The summed E-state index contributed by atoms with van der Waals surface area (Å²) < 4.78 is 47.3. The Labute approximate surface area is 270 Å². The monoisotopic (exact) mass is 654 g/mol. The molecule has 2 amide bonds. The van der Waals surface area contributed by atoms with E-state index < -0.39 is 53.3 Å². The molecule has 0 bridgehead atoms. The maximum absolute atomic E-state index is 15.6. The van der Waals surface area contributed by atoms with Crippen LogP contribution in [0, 0.1) is 11.7 Å². The number of halogens is 1. The van der Waals surface area contributed by atoms with Crippen molar-refractivity contribution in [3.63, 3.8) is 0 Å². The molecule has 1 heterocycles. The van der Waals surface area contributed by atoms with E-state index in [1.54, 1.807) is 18.2 Å². The smallest absolute Gasteiger partial charge is 0.410 e. The highest BCUT2D eigenvalue weighted by Crippen LogP contribution is 2.35. The number of nitrogens with zero attached hydrogens (tertiary/aromatic N) is 1. The van der Waals surface area contributed by atoms with Gasteiger partial charge in [-0.05, 0) is 49.2 Å². The van der Waals surface area contributed by atoms with E-state index in [1.807, 2.05) is 0 Å². The fourth-order valence-corrected chi connectivity index (χ4v) is 5.14. The Bertz CT molecular complexity index is 1550. The summed E-state index contributed by atoms with van der Waals surface area (Å²) in [4.78, 5) is 54.6. The third kappa shape index (κ3) is 8.54. The lowest BCUT2D eigenvalue weighted by Crippen LogP contribution is -2.58. The van der Waals surface area contributed by atoms with E-state index >= 15 is 4.39 Å². The summed E-state index contributed by atoms with van der Waals surface area (Å²) in [5, 5.41) is 12.9. The summed E-state index contributed by atoms with van der Waals surface area (Å²) >= 11 is 0. The number of carbonyl (C=O) groups excluding carboxylic acids is 3. The molecular formula is C33H35FN2O11. The number of benzene rings is 3.